The number of carbonyl (C=O) groups excluding carboxylic acids is 2. The fraction of sp³-hybridized carbons (Fsp3) is 0.333. The summed E-state index contributed by atoms with van der Waals surface area (Å²) < 4.78 is 0.972. The molecule has 0 aliphatic heterocycles. The summed E-state index contributed by atoms with van der Waals surface area (Å²) in [5, 5.41) is 5.88. The number of thiophene rings is 1. The maximum Gasteiger partial charge on any atom is 0.321 e. The molecule has 1 unspecified atom stereocenters. The van der Waals surface area contributed by atoms with Crippen LogP contribution in [0.5, 0.6) is 0 Å². The van der Waals surface area contributed by atoms with Crippen LogP contribution in [0.4, 0.5) is 4.79 Å². The number of hydrogen-bond acceptors (Lipinski definition) is 3. The average Bonchev–Trinajstić information content (AvgIpc) is 2.61. The highest BCUT2D eigenvalue weighted by molar-refractivity contribution is 9.10. The van der Waals surface area contributed by atoms with Gasteiger partial charge in [0.15, 0.2) is 0 Å². The van der Waals surface area contributed by atoms with E-state index in [4.69, 9.17) is 11.6 Å². The predicted molar refractivity (Wildman–Crippen MR) is 67.7 cm³/mol. The van der Waals surface area contributed by atoms with Crippen LogP contribution in [-0.2, 0) is 11.3 Å². The third-order valence-electron chi connectivity index (χ3n) is 1.64. The second-order valence-electron chi connectivity index (χ2n) is 3.02. The van der Waals surface area contributed by atoms with E-state index in [0.717, 1.165) is 9.35 Å². The highest BCUT2D eigenvalue weighted by atomic mass is 79.9. The van der Waals surface area contributed by atoms with Crippen molar-refractivity contribution in [2.75, 3.05) is 0 Å². The van der Waals surface area contributed by atoms with Crippen LogP contribution in [0, 0.1) is 0 Å². The molecule has 0 fully saturated rings. The minimum atomic E-state index is -0.721. The molecule has 1 rings (SSSR count). The zero-order chi connectivity index (χ0) is 12.1. The smallest absolute Gasteiger partial charge is 0.321 e. The summed E-state index contributed by atoms with van der Waals surface area (Å²) in [6.07, 6.45) is 0. The van der Waals surface area contributed by atoms with Crippen LogP contribution in [0.1, 0.15) is 11.8 Å². The van der Waals surface area contributed by atoms with Gasteiger partial charge >= 0.3 is 6.03 Å². The maximum atomic E-state index is 11.2. The Labute approximate surface area is 110 Å². The molecule has 0 aliphatic carbocycles. The van der Waals surface area contributed by atoms with Crippen LogP contribution in [-0.4, -0.2) is 17.3 Å². The molecular formula is C9H10BrClN2O2S. The van der Waals surface area contributed by atoms with Gasteiger partial charge in [-0.05, 0) is 28.9 Å². The van der Waals surface area contributed by atoms with E-state index < -0.39 is 17.3 Å². The summed E-state index contributed by atoms with van der Waals surface area (Å²) in [4.78, 5) is 23.3. The summed E-state index contributed by atoms with van der Waals surface area (Å²) in [6, 6.07) is 1.36. The number of alkyl halides is 1. The van der Waals surface area contributed by atoms with Gasteiger partial charge in [0.25, 0.3) is 0 Å². The SMILES string of the molecule is CC(Cl)C(=O)NC(=O)NCc1cc(Br)cs1. The third-order valence-corrected chi connectivity index (χ3v) is 3.54. The van der Waals surface area contributed by atoms with Crippen molar-refractivity contribution in [3.63, 3.8) is 0 Å². The van der Waals surface area contributed by atoms with Crippen LogP contribution in [0.3, 0.4) is 0 Å². The van der Waals surface area contributed by atoms with Gasteiger partial charge in [-0.3, -0.25) is 10.1 Å². The maximum absolute atomic E-state index is 11.2. The molecule has 3 amide bonds. The summed E-state index contributed by atoms with van der Waals surface area (Å²) in [5.74, 6) is -0.508. The van der Waals surface area contributed by atoms with E-state index in [1.54, 1.807) is 0 Å². The van der Waals surface area contributed by atoms with Gasteiger partial charge in [-0.2, -0.15) is 0 Å². The van der Waals surface area contributed by atoms with E-state index >= 15 is 0 Å². The lowest BCUT2D eigenvalue weighted by Crippen LogP contribution is -2.41. The Morgan fingerprint density at radius 2 is 2.31 bits per heavy atom. The van der Waals surface area contributed by atoms with Crippen molar-refractivity contribution in [2.24, 2.45) is 0 Å². The highest BCUT2D eigenvalue weighted by Crippen LogP contribution is 2.19. The molecule has 0 saturated heterocycles. The Kier molecular flexibility index (Phi) is 5.24. The molecule has 1 heterocycles. The predicted octanol–water partition coefficient (Wildman–Crippen LogP) is 2.46. The van der Waals surface area contributed by atoms with Crippen LogP contribution < -0.4 is 10.6 Å². The molecule has 4 nitrogen and oxygen atoms in total. The first-order valence-corrected chi connectivity index (χ1v) is 6.55. The lowest BCUT2D eigenvalue weighted by atomic mass is 10.4. The molecule has 1 aromatic rings. The Morgan fingerprint density at radius 3 is 2.81 bits per heavy atom. The summed E-state index contributed by atoms with van der Waals surface area (Å²) in [5.41, 5.74) is 0. The summed E-state index contributed by atoms with van der Waals surface area (Å²) >= 11 is 10.3. The van der Waals surface area contributed by atoms with Gasteiger partial charge in [-0.15, -0.1) is 22.9 Å². The van der Waals surface area contributed by atoms with E-state index in [2.05, 4.69) is 26.6 Å². The number of carbonyl (C=O) groups is 2. The molecule has 0 radical (unpaired) electrons. The molecule has 2 N–H and O–H groups in total. The van der Waals surface area contributed by atoms with Gasteiger partial charge in [0.1, 0.15) is 5.38 Å². The van der Waals surface area contributed by atoms with E-state index in [9.17, 15) is 9.59 Å². The highest BCUT2D eigenvalue weighted by Gasteiger charge is 2.12. The molecule has 88 valence electrons. The van der Waals surface area contributed by atoms with Crippen LogP contribution in [0.2, 0.25) is 0 Å². The third kappa shape index (κ3) is 4.51. The molecule has 0 aromatic carbocycles. The van der Waals surface area contributed by atoms with Crippen molar-refractivity contribution < 1.29 is 9.59 Å². The molecule has 0 aliphatic rings. The number of hydrogen-bond donors (Lipinski definition) is 2. The van der Waals surface area contributed by atoms with Gasteiger partial charge in [0, 0.05) is 14.7 Å². The molecule has 1 atom stereocenters. The number of amides is 3. The van der Waals surface area contributed by atoms with Crippen molar-refractivity contribution in [2.45, 2.75) is 18.8 Å². The average molecular weight is 326 g/mol. The first-order chi connectivity index (χ1) is 7.49. The Morgan fingerprint density at radius 1 is 1.62 bits per heavy atom. The molecule has 16 heavy (non-hydrogen) atoms. The minimum absolute atomic E-state index is 0.381. The molecule has 1 aromatic heterocycles. The normalized spacial score (nSPS) is 11.9. The van der Waals surface area contributed by atoms with Crippen LogP contribution in [0.15, 0.2) is 15.9 Å². The second kappa shape index (κ2) is 6.22. The number of halogens is 2. The van der Waals surface area contributed by atoms with Crippen molar-refractivity contribution in [1.82, 2.24) is 10.6 Å². The largest absolute Gasteiger partial charge is 0.333 e. The number of nitrogens with one attached hydrogen (secondary N) is 2. The summed E-state index contributed by atoms with van der Waals surface area (Å²) in [6.45, 7) is 1.88. The number of urea groups is 1. The Hall–Kier alpha value is -0.590. The zero-order valence-electron chi connectivity index (χ0n) is 8.42. The van der Waals surface area contributed by atoms with Crippen molar-refractivity contribution in [3.05, 3.63) is 20.8 Å². The van der Waals surface area contributed by atoms with E-state index in [-0.39, 0.29) is 0 Å². The Balaban J connectivity index is 2.33. The van der Waals surface area contributed by atoms with Crippen molar-refractivity contribution in [3.8, 4) is 0 Å². The molecule has 0 saturated carbocycles. The van der Waals surface area contributed by atoms with Gasteiger partial charge in [0.05, 0.1) is 6.54 Å². The number of imide groups is 1. The quantitative estimate of drug-likeness (QED) is 0.839. The lowest BCUT2D eigenvalue weighted by molar-refractivity contribution is -0.119. The Bertz CT molecular complexity index is 395. The van der Waals surface area contributed by atoms with Gasteiger partial charge in [-0.1, -0.05) is 0 Å². The second-order valence-corrected chi connectivity index (χ2v) is 5.59. The topological polar surface area (TPSA) is 58.2 Å². The van der Waals surface area contributed by atoms with Gasteiger partial charge < -0.3 is 5.32 Å². The van der Waals surface area contributed by atoms with E-state index in [1.165, 1.54) is 18.3 Å². The van der Waals surface area contributed by atoms with Crippen LogP contribution >= 0.6 is 38.9 Å². The fourth-order valence-corrected chi connectivity index (χ4v) is 2.31. The zero-order valence-corrected chi connectivity index (χ0v) is 11.6. The minimum Gasteiger partial charge on any atom is -0.333 e. The van der Waals surface area contributed by atoms with E-state index in [1.807, 2.05) is 11.4 Å². The van der Waals surface area contributed by atoms with Crippen molar-refractivity contribution >= 4 is 50.8 Å². The summed E-state index contributed by atoms with van der Waals surface area (Å²) in [7, 11) is 0. The monoisotopic (exact) mass is 324 g/mol. The number of rotatable bonds is 3. The molecule has 0 bridgehead atoms. The van der Waals surface area contributed by atoms with E-state index in [0.29, 0.717) is 6.54 Å². The first-order valence-electron chi connectivity index (χ1n) is 4.44. The van der Waals surface area contributed by atoms with Gasteiger partial charge in [0.2, 0.25) is 5.91 Å². The first kappa shape index (κ1) is 13.5. The van der Waals surface area contributed by atoms with Crippen LogP contribution in [0.25, 0.3) is 0 Å². The fourth-order valence-electron chi connectivity index (χ4n) is 0.869. The van der Waals surface area contributed by atoms with Crippen molar-refractivity contribution in [1.29, 1.82) is 0 Å². The molecule has 7 heteroatoms. The lowest BCUT2D eigenvalue weighted by Gasteiger charge is -2.06. The molecule has 0 spiro atoms. The molecular weight excluding hydrogens is 316 g/mol. The standard InChI is InChI=1S/C9H10BrClN2O2S/c1-5(11)8(14)13-9(15)12-3-7-2-6(10)4-16-7/h2,4-5H,3H2,1H3,(H2,12,13,14,15). The van der Waals surface area contributed by atoms with Gasteiger partial charge in [-0.25, -0.2) is 4.79 Å².